The second-order valence-corrected chi connectivity index (χ2v) is 12.4. The Morgan fingerprint density at radius 2 is 1.18 bits per heavy atom. The molecule has 0 aliphatic heterocycles. The van der Waals surface area contributed by atoms with E-state index in [0.717, 1.165) is 0 Å². The van der Waals surface area contributed by atoms with Crippen LogP contribution in [0.15, 0.2) is 36.4 Å². The molecule has 3 rings (SSSR count). The molecule has 1 aliphatic rings. The standard InChI is InChI=1S/C12H10.C4H12Si/c1-3-9-4-2-6-11-8-7-10(5-1)12(9)11;1-5(2,3)4/h1-6H,7-8H2;1-4H3. The van der Waals surface area contributed by atoms with E-state index in [1.54, 1.807) is 0 Å². The second kappa shape index (κ2) is 4.65. The molecule has 0 atom stereocenters. The third-order valence-electron chi connectivity index (χ3n) is 2.74. The van der Waals surface area contributed by atoms with Crippen molar-refractivity contribution in [1.29, 1.82) is 0 Å². The third-order valence-corrected chi connectivity index (χ3v) is 2.74. The lowest BCUT2D eigenvalue weighted by molar-refractivity contribution is 1.02. The molecule has 2 aromatic rings. The highest BCUT2D eigenvalue weighted by Gasteiger charge is 2.11. The summed E-state index contributed by atoms with van der Waals surface area (Å²) < 4.78 is 0. The summed E-state index contributed by atoms with van der Waals surface area (Å²) in [5.74, 6) is 0. The smallest absolute Gasteiger partial charge is 0.0411 e. The Morgan fingerprint density at radius 3 is 1.59 bits per heavy atom. The highest BCUT2D eigenvalue weighted by atomic mass is 28.3. The van der Waals surface area contributed by atoms with Gasteiger partial charge in [0.05, 0.1) is 0 Å². The van der Waals surface area contributed by atoms with Crippen molar-refractivity contribution in [2.75, 3.05) is 0 Å². The third kappa shape index (κ3) is 3.19. The van der Waals surface area contributed by atoms with Crippen LogP contribution in [0.2, 0.25) is 26.2 Å². The van der Waals surface area contributed by atoms with Crippen molar-refractivity contribution in [2.45, 2.75) is 39.0 Å². The zero-order valence-corrected chi connectivity index (χ0v) is 12.4. The Labute approximate surface area is 106 Å². The second-order valence-electron chi connectivity index (χ2n) is 6.43. The number of hydrogen-bond donors (Lipinski definition) is 0. The monoisotopic (exact) mass is 242 g/mol. The summed E-state index contributed by atoms with van der Waals surface area (Å²) in [6.07, 6.45) is 2.47. The summed E-state index contributed by atoms with van der Waals surface area (Å²) in [5.41, 5.74) is 3.06. The lowest BCUT2D eigenvalue weighted by Crippen LogP contribution is -2.10. The van der Waals surface area contributed by atoms with E-state index in [-0.39, 0.29) is 0 Å². The molecule has 17 heavy (non-hydrogen) atoms. The molecule has 0 fully saturated rings. The molecule has 0 spiro atoms. The number of hydrogen-bond acceptors (Lipinski definition) is 0. The van der Waals surface area contributed by atoms with Crippen molar-refractivity contribution in [3.63, 3.8) is 0 Å². The molecule has 0 bridgehead atoms. The first kappa shape index (κ1) is 12.4. The van der Waals surface area contributed by atoms with Crippen molar-refractivity contribution in [3.05, 3.63) is 47.5 Å². The predicted octanol–water partition coefficient (Wildman–Crippen LogP) is 4.89. The summed E-state index contributed by atoms with van der Waals surface area (Å²) in [4.78, 5) is 0. The van der Waals surface area contributed by atoms with Crippen LogP contribution in [-0.2, 0) is 12.8 Å². The zero-order chi connectivity index (χ0) is 12.5. The van der Waals surface area contributed by atoms with E-state index < -0.39 is 8.07 Å². The summed E-state index contributed by atoms with van der Waals surface area (Å²) in [7, 11) is -0.611. The molecule has 1 heteroatoms. The fraction of sp³-hybridized carbons (Fsp3) is 0.375. The van der Waals surface area contributed by atoms with Crippen LogP contribution >= 0.6 is 0 Å². The Balaban J connectivity index is 0.000000188. The predicted molar refractivity (Wildman–Crippen MR) is 80.6 cm³/mol. The minimum Gasteiger partial charge on any atom is -0.0697 e. The van der Waals surface area contributed by atoms with Crippen LogP contribution in [-0.4, -0.2) is 8.07 Å². The highest BCUT2D eigenvalue weighted by molar-refractivity contribution is 6.74. The van der Waals surface area contributed by atoms with Crippen molar-refractivity contribution in [3.8, 4) is 0 Å². The molecule has 0 N–H and O–H groups in total. The normalized spacial score (nSPS) is 13.4. The van der Waals surface area contributed by atoms with E-state index in [9.17, 15) is 0 Å². The first-order valence-electron chi connectivity index (χ1n) is 6.45. The first-order valence-corrected chi connectivity index (χ1v) is 10.4. The van der Waals surface area contributed by atoms with E-state index in [0.29, 0.717) is 0 Å². The summed E-state index contributed by atoms with van der Waals surface area (Å²) in [5, 5.41) is 2.92. The van der Waals surface area contributed by atoms with E-state index in [1.165, 1.54) is 34.7 Å². The van der Waals surface area contributed by atoms with E-state index in [1.807, 2.05) is 0 Å². The first-order chi connectivity index (χ1) is 7.95. The Kier molecular flexibility index (Phi) is 3.39. The van der Waals surface area contributed by atoms with Crippen LogP contribution in [0.4, 0.5) is 0 Å². The van der Waals surface area contributed by atoms with E-state index in [4.69, 9.17) is 0 Å². The number of rotatable bonds is 0. The Hall–Kier alpha value is -1.08. The van der Waals surface area contributed by atoms with Gasteiger partial charge in [-0.05, 0) is 34.7 Å². The fourth-order valence-electron chi connectivity index (χ4n) is 2.19. The lowest BCUT2D eigenvalue weighted by atomic mass is 10.1. The van der Waals surface area contributed by atoms with Gasteiger partial charge in [-0.15, -0.1) is 0 Å². The van der Waals surface area contributed by atoms with Crippen LogP contribution in [0.1, 0.15) is 11.1 Å². The van der Waals surface area contributed by atoms with Gasteiger partial charge in [-0.1, -0.05) is 62.6 Å². The van der Waals surface area contributed by atoms with Gasteiger partial charge in [0.2, 0.25) is 0 Å². The van der Waals surface area contributed by atoms with Gasteiger partial charge in [-0.3, -0.25) is 0 Å². The Morgan fingerprint density at radius 1 is 0.765 bits per heavy atom. The summed E-state index contributed by atoms with van der Waals surface area (Å²) in [6, 6.07) is 13.2. The molecule has 0 saturated heterocycles. The molecule has 0 unspecified atom stereocenters. The summed E-state index contributed by atoms with van der Waals surface area (Å²) >= 11 is 0. The van der Waals surface area contributed by atoms with Gasteiger partial charge < -0.3 is 0 Å². The van der Waals surface area contributed by atoms with Gasteiger partial charge in [0, 0.05) is 8.07 Å². The van der Waals surface area contributed by atoms with Crippen LogP contribution in [0.25, 0.3) is 10.8 Å². The molecular formula is C16H22Si. The van der Waals surface area contributed by atoms with Crippen molar-refractivity contribution in [2.24, 2.45) is 0 Å². The summed E-state index contributed by atoms with van der Waals surface area (Å²) in [6.45, 7) is 9.31. The van der Waals surface area contributed by atoms with Crippen molar-refractivity contribution < 1.29 is 0 Å². The van der Waals surface area contributed by atoms with Crippen LogP contribution < -0.4 is 0 Å². The van der Waals surface area contributed by atoms with Crippen molar-refractivity contribution in [1.82, 2.24) is 0 Å². The SMILES string of the molecule is C[Si](C)(C)C.c1cc2c3c(cccc3c1)CC2. The van der Waals surface area contributed by atoms with Gasteiger partial charge in [-0.25, -0.2) is 0 Å². The maximum absolute atomic E-state index is 2.33. The van der Waals surface area contributed by atoms with E-state index in [2.05, 4.69) is 62.6 Å². The molecule has 0 radical (unpaired) electrons. The van der Waals surface area contributed by atoms with E-state index >= 15 is 0 Å². The van der Waals surface area contributed by atoms with Gasteiger partial charge in [0.25, 0.3) is 0 Å². The van der Waals surface area contributed by atoms with Crippen LogP contribution in [0.3, 0.4) is 0 Å². The molecule has 1 aliphatic carbocycles. The number of aryl methyl sites for hydroxylation is 2. The molecule has 0 aromatic heterocycles. The van der Waals surface area contributed by atoms with Crippen LogP contribution in [0, 0.1) is 0 Å². The van der Waals surface area contributed by atoms with Gasteiger partial charge in [0.15, 0.2) is 0 Å². The average Bonchev–Trinajstić information content (AvgIpc) is 2.62. The van der Waals surface area contributed by atoms with Gasteiger partial charge in [0.1, 0.15) is 0 Å². The molecule has 0 saturated carbocycles. The topological polar surface area (TPSA) is 0 Å². The average molecular weight is 242 g/mol. The van der Waals surface area contributed by atoms with Crippen LogP contribution in [0.5, 0.6) is 0 Å². The highest BCUT2D eigenvalue weighted by Crippen LogP contribution is 2.29. The lowest BCUT2D eigenvalue weighted by Gasteiger charge is -2.01. The minimum absolute atomic E-state index is 0.611. The van der Waals surface area contributed by atoms with Gasteiger partial charge in [-0.2, -0.15) is 0 Å². The quantitative estimate of drug-likeness (QED) is 0.577. The molecular weight excluding hydrogens is 220 g/mol. The Bertz CT molecular complexity index is 476. The maximum Gasteiger partial charge on any atom is 0.0411 e. The fourth-order valence-corrected chi connectivity index (χ4v) is 2.19. The molecule has 0 nitrogen and oxygen atoms in total. The molecule has 2 aromatic carbocycles. The minimum atomic E-state index is -0.611. The number of benzene rings is 2. The maximum atomic E-state index is 2.33. The molecule has 90 valence electrons. The largest absolute Gasteiger partial charge is 0.0697 e. The molecule has 0 heterocycles. The van der Waals surface area contributed by atoms with Crippen molar-refractivity contribution >= 4 is 18.8 Å². The van der Waals surface area contributed by atoms with Gasteiger partial charge >= 0.3 is 0 Å². The zero-order valence-electron chi connectivity index (χ0n) is 11.4. The molecule has 0 amide bonds.